The Balaban J connectivity index is 2.45. The van der Waals surface area contributed by atoms with Crippen LogP contribution in [0.3, 0.4) is 0 Å². The van der Waals surface area contributed by atoms with Crippen molar-refractivity contribution in [3.63, 3.8) is 0 Å². The van der Waals surface area contributed by atoms with Crippen LogP contribution in [0.25, 0.3) is 0 Å². The number of carbonyl (C=O) groups is 3. The Labute approximate surface area is 128 Å². The summed E-state index contributed by atoms with van der Waals surface area (Å²) in [6, 6.07) is 3.73. The molecule has 1 rings (SSSR count). The lowest BCUT2D eigenvalue weighted by atomic mass is 10.2. The lowest BCUT2D eigenvalue weighted by Gasteiger charge is -2.10. The highest BCUT2D eigenvalue weighted by Crippen LogP contribution is 2.23. The number of carboxylic acid groups (broad SMARTS) is 1. The number of hydrogen-bond donors (Lipinski definition) is 4. The van der Waals surface area contributed by atoms with Gasteiger partial charge in [0.2, 0.25) is 5.91 Å². The van der Waals surface area contributed by atoms with Crippen LogP contribution in [0, 0.1) is 0 Å². The van der Waals surface area contributed by atoms with Crippen LogP contribution < -0.4 is 16.4 Å². The van der Waals surface area contributed by atoms with Crippen molar-refractivity contribution >= 4 is 39.5 Å². The monoisotopic (exact) mass is 359 g/mol. The van der Waals surface area contributed by atoms with Gasteiger partial charge in [0.15, 0.2) is 0 Å². The number of halogens is 1. The van der Waals surface area contributed by atoms with Gasteiger partial charge >= 0.3 is 12.0 Å². The van der Waals surface area contributed by atoms with Gasteiger partial charge in [-0.1, -0.05) is 0 Å². The van der Waals surface area contributed by atoms with Crippen LogP contribution in [-0.2, 0) is 9.53 Å². The summed E-state index contributed by atoms with van der Waals surface area (Å²) in [6.45, 7) is 0.0948. The smallest absolute Gasteiger partial charge is 0.335 e. The highest BCUT2D eigenvalue weighted by molar-refractivity contribution is 9.10. The van der Waals surface area contributed by atoms with E-state index in [1.807, 2.05) is 0 Å². The maximum absolute atomic E-state index is 11.6. The normalized spacial score (nSPS) is 9.95. The number of carbonyl (C=O) groups excluding carboxylic acids is 2. The number of amides is 3. The molecule has 21 heavy (non-hydrogen) atoms. The molecule has 0 heterocycles. The zero-order chi connectivity index (χ0) is 15.8. The van der Waals surface area contributed by atoms with E-state index in [-0.39, 0.29) is 25.3 Å². The summed E-state index contributed by atoms with van der Waals surface area (Å²) in [5, 5.41) is 13.9. The number of anilines is 1. The second-order valence-electron chi connectivity index (χ2n) is 3.90. The Kier molecular flexibility index (Phi) is 6.63. The number of rotatable bonds is 7. The largest absolute Gasteiger partial charge is 0.478 e. The predicted molar refractivity (Wildman–Crippen MR) is 78.1 cm³/mol. The Hall–Kier alpha value is -2.13. The number of carboxylic acids is 1. The molecule has 8 nitrogen and oxygen atoms in total. The number of nitrogens with two attached hydrogens (primary N) is 1. The highest BCUT2D eigenvalue weighted by Gasteiger charge is 2.09. The average molecular weight is 360 g/mol. The third-order valence-electron chi connectivity index (χ3n) is 2.24. The van der Waals surface area contributed by atoms with Crippen molar-refractivity contribution in [2.75, 3.05) is 25.1 Å². The first kappa shape index (κ1) is 16.9. The first-order valence-corrected chi connectivity index (χ1v) is 6.63. The van der Waals surface area contributed by atoms with Gasteiger partial charge in [0.25, 0.3) is 0 Å². The van der Waals surface area contributed by atoms with Crippen molar-refractivity contribution in [3.8, 4) is 0 Å². The van der Waals surface area contributed by atoms with Gasteiger partial charge in [0, 0.05) is 11.0 Å². The molecule has 0 radical (unpaired) electrons. The van der Waals surface area contributed by atoms with Crippen LogP contribution in [0.1, 0.15) is 10.4 Å². The molecular formula is C12H14BrN3O5. The van der Waals surface area contributed by atoms with Gasteiger partial charge in [-0.2, -0.15) is 0 Å². The molecule has 0 aliphatic rings. The molecule has 0 saturated heterocycles. The molecule has 5 N–H and O–H groups in total. The van der Waals surface area contributed by atoms with Crippen LogP contribution in [0.4, 0.5) is 10.5 Å². The third kappa shape index (κ3) is 6.23. The zero-order valence-corrected chi connectivity index (χ0v) is 12.5. The first-order valence-electron chi connectivity index (χ1n) is 5.84. The molecule has 0 bridgehead atoms. The number of ether oxygens (including phenoxy) is 1. The van der Waals surface area contributed by atoms with Crippen molar-refractivity contribution in [1.82, 2.24) is 5.32 Å². The summed E-state index contributed by atoms with van der Waals surface area (Å²) in [5.41, 5.74) is 5.25. The second-order valence-corrected chi connectivity index (χ2v) is 4.75. The quantitative estimate of drug-likeness (QED) is 0.534. The summed E-state index contributed by atoms with van der Waals surface area (Å²) in [5.74, 6) is -1.68. The van der Waals surface area contributed by atoms with Crippen molar-refractivity contribution in [1.29, 1.82) is 0 Å². The topological polar surface area (TPSA) is 131 Å². The molecule has 0 atom stereocenters. The molecule has 0 aliphatic heterocycles. The Morgan fingerprint density at radius 1 is 1.33 bits per heavy atom. The first-order chi connectivity index (χ1) is 9.90. The zero-order valence-electron chi connectivity index (χ0n) is 10.9. The van der Waals surface area contributed by atoms with Gasteiger partial charge in [-0.25, -0.2) is 9.59 Å². The van der Waals surface area contributed by atoms with E-state index in [1.165, 1.54) is 18.2 Å². The van der Waals surface area contributed by atoms with Gasteiger partial charge in [-0.05, 0) is 34.1 Å². The van der Waals surface area contributed by atoms with E-state index >= 15 is 0 Å². The van der Waals surface area contributed by atoms with Gasteiger partial charge in [-0.15, -0.1) is 0 Å². The molecule has 114 valence electrons. The van der Waals surface area contributed by atoms with Gasteiger partial charge < -0.3 is 26.2 Å². The van der Waals surface area contributed by atoms with Crippen LogP contribution in [0.2, 0.25) is 0 Å². The minimum absolute atomic E-state index is 0.0540. The van der Waals surface area contributed by atoms with E-state index in [0.717, 1.165) is 0 Å². The molecule has 0 saturated carbocycles. The number of benzene rings is 1. The third-order valence-corrected chi connectivity index (χ3v) is 2.93. The van der Waals surface area contributed by atoms with Gasteiger partial charge in [-0.3, -0.25) is 4.79 Å². The molecular weight excluding hydrogens is 346 g/mol. The minimum atomic E-state index is -1.09. The number of urea groups is 1. The molecule has 0 spiro atoms. The van der Waals surface area contributed by atoms with Crippen molar-refractivity contribution in [2.45, 2.75) is 0 Å². The molecule has 3 amide bonds. The van der Waals surface area contributed by atoms with E-state index in [0.29, 0.717) is 10.2 Å². The summed E-state index contributed by atoms with van der Waals surface area (Å²) in [7, 11) is 0. The fourth-order valence-corrected chi connectivity index (χ4v) is 1.68. The predicted octanol–water partition coefficient (Wildman–Crippen LogP) is 0.771. The number of primary amides is 1. The van der Waals surface area contributed by atoms with Crippen LogP contribution in [0.5, 0.6) is 0 Å². The van der Waals surface area contributed by atoms with E-state index in [4.69, 9.17) is 15.6 Å². The van der Waals surface area contributed by atoms with E-state index < -0.39 is 17.9 Å². The maximum atomic E-state index is 11.6. The van der Waals surface area contributed by atoms with Gasteiger partial charge in [0.1, 0.15) is 6.61 Å². The lowest BCUT2D eigenvalue weighted by Crippen LogP contribution is -2.32. The highest BCUT2D eigenvalue weighted by atomic mass is 79.9. The molecule has 1 aromatic carbocycles. The number of hydrogen-bond acceptors (Lipinski definition) is 4. The molecule has 0 unspecified atom stereocenters. The second kappa shape index (κ2) is 8.22. The van der Waals surface area contributed by atoms with E-state index in [2.05, 4.69) is 26.6 Å². The Morgan fingerprint density at radius 3 is 2.67 bits per heavy atom. The SMILES string of the molecule is NC(=O)COCCNC(=O)Nc1cc(C(=O)O)ccc1Br. The van der Waals surface area contributed by atoms with Gasteiger partial charge in [0.05, 0.1) is 17.9 Å². The summed E-state index contributed by atoms with van der Waals surface area (Å²) >= 11 is 3.21. The fraction of sp³-hybridized carbons (Fsp3) is 0.250. The minimum Gasteiger partial charge on any atom is -0.478 e. The van der Waals surface area contributed by atoms with Crippen LogP contribution in [-0.4, -0.2) is 42.8 Å². The van der Waals surface area contributed by atoms with E-state index in [1.54, 1.807) is 0 Å². The molecule has 9 heteroatoms. The summed E-state index contributed by atoms with van der Waals surface area (Å²) in [6.07, 6.45) is 0. The maximum Gasteiger partial charge on any atom is 0.335 e. The van der Waals surface area contributed by atoms with Crippen LogP contribution in [0.15, 0.2) is 22.7 Å². The fourth-order valence-electron chi connectivity index (χ4n) is 1.33. The molecule has 0 aromatic heterocycles. The standard InChI is InChI=1S/C12H14BrN3O5/c13-8-2-1-7(11(18)19)5-9(8)16-12(20)15-3-4-21-6-10(14)17/h1-2,5H,3-4,6H2,(H2,14,17)(H,18,19)(H2,15,16,20). The Morgan fingerprint density at radius 2 is 2.05 bits per heavy atom. The lowest BCUT2D eigenvalue weighted by molar-refractivity contribution is -0.122. The Bertz CT molecular complexity index is 550. The number of nitrogens with one attached hydrogen (secondary N) is 2. The van der Waals surface area contributed by atoms with Crippen LogP contribution >= 0.6 is 15.9 Å². The molecule has 0 fully saturated rings. The molecule has 1 aromatic rings. The number of aromatic carboxylic acids is 1. The summed E-state index contributed by atoms with van der Waals surface area (Å²) in [4.78, 5) is 32.9. The summed E-state index contributed by atoms with van der Waals surface area (Å²) < 4.78 is 5.41. The average Bonchev–Trinajstić information content (AvgIpc) is 2.40. The van der Waals surface area contributed by atoms with Crippen molar-refractivity contribution < 1.29 is 24.2 Å². The van der Waals surface area contributed by atoms with Crippen molar-refractivity contribution in [2.24, 2.45) is 5.73 Å². The molecule has 0 aliphatic carbocycles. The van der Waals surface area contributed by atoms with E-state index in [9.17, 15) is 14.4 Å². The van der Waals surface area contributed by atoms with Crippen molar-refractivity contribution in [3.05, 3.63) is 28.2 Å².